The van der Waals surface area contributed by atoms with Crippen LogP contribution in [0, 0.1) is 6.92 Å². The van der Waals surface area contributed by atoms with Gasteiger partial charge in [0.25, 0.3) is 0 Å². The Morgan fingerprint density at radius 3 is 2.42 bits per heavy atom. The second-order valence-electron chi connectivity index (χ2n) is 6.33. The number of hydrogen-bond acceptors (Lipinski definition) is 4. The van der Waals surface area contributed by atoms with Gasteiger partial charge in [-0.15, -0.1) is 11.3 Å². The first-order valence-corrected chi connectivity index (χ1v) is 9.48. The van der Waals surface area contributed by atoms with Crippen LogP contribution in [-0.2, 0) is 16.0 Å². The van der Waals surface area contributed by atoms with Crippen LogP contribution >= 0.6 is 11.3 Å². The van der Waals surface area contributed by atoms with Gasteiger partial charge in [-0.05, 0) is 42.0 Å². The largest absolute Gasteiger partial charge is 0.465 e. The zero-order chi connectivity index (χ0) is 19.3. The first kappa shape index (κ1) is 19.9. The van der Waals surface area contributed by atoms with Gasteiger partial charge >= 0.3 is 5.97 Å². The normalized spacial score (nSPS) is 11.2. The van der Waals surface area contributed by atoms with Crippen LogP contribution in [-0.4, -0.2) is 19.0 Å². The van der Waals surface area contributed by atoms with Crippen LogP contribution < -0.4 is 5.32 Å². The Labute approximate surface area is 158 Å². The Hall–Kier alpha value is -2.40. The number of ether oxygens (including phenoxy) is 1. The third-order valence-corrected chi connectivity index (χ3v) is 5.28. The van der Waals surface area contributed by atoms with E-state index in [-0.39, 0.29) is 5.91 Å². The Morgan fingerprint density at radius 2 is 1.88 bits per heavy atom. The maximum Gasteiger partial charge on any atom is 0.341 e. The molecule has 2 aromatic rings. The zero-order valence-electron chi connectivity index (χ0n) is 15.9. The smallest absolute Gasteiger partial charge is 0.341 e. The van der Waals surface area contributed by atoms with Crippen LogP contribution in [0.4, 0.5) is 5.00 Å². The third-order valence-electron chi connectivity index (χ3n) is 4.22. The monoisotopic (exact) mass is 371 g/mol. The van der Waals surface area contributed by atoms with Gasteiger partial charge in [-0.1, -0.05) is 45.0 Å². The topological polar surface area (TPSA) is 55.4 Å². The highest BCUT2D eigenvalue weighted by Crippen LogP contribution is 2.34. The molecule has 138 valence electrons. The molecule has 1 heterocycles. The van der Waals surface area contributed by atoms with Crippen molar-refractivity contribution in [2.24, 2.45) is 0 Å². The fourth-order valence-electron chi connectivity index (χ4n) is 2.73. The summed E-state index contributed by atoms with van der Waals surface area (Å²) in [6.45, 7) is 8.21. The van der Waals surface area contributed by atoms with Gasteiger partial charge in [-0.3, -0.25) is 4.79 Å². The number of rotatable bonds is 6. The molecule has 1 aromatic heterocycles. The van der Waals surface area contributed by atoms with Crippen LogP contribution in [0.1, 0.15) is 58.6 Å². The highest BCUT2D eigenvalue weighted by Gasteiger charge is 2.22. The average molecular weight is 372 g/mol. The summed E-state index contributed by atoms with van der Waals surface area (Å²) in [6, 6.07) is 8.11. The third kappa shape index (κ3) is 4.61. The van der Waals surface area contributed by atoms with E-state index in [0.717, 1.165) is 16.0 Å². The molecule has 0 spiro atoms. The number of aryl methyl sites for hydroxylation is 1. The van der Waals surface area contributed by atoms with E-state index in [1.54, 1.807) is 6.08 Å². The second kappa shape index (κ2) is 8.81. The van der Waals surface area contributed by atoms with Crippen molar-refractivity contribution in [3.8, 4) is 0 Å². The van der Waals surface area contributed by atoms with Gasteiger partial charge < -0.3 is 10.1 Å². The van der Waals surface area contributed by atoms with Crippen molar-refractivity contribution in [1.29, 1.82) is 0 Å². The zero-order valence-corrected chi connectivity index (χ0v) is 16.7. The minimum Gasteiger partial charge on any atom is -0.465 e. The number of thiophene rings is 1. The molecular weight excluding hydrogens is 346 g/mol. The fourth-order valence-corrected chi connectivity index (χ4v) is 3.86. The number of methoxy groups -OCH3 is 1. The molecule has 0 saturated carbocycles. The van der Waals surface area contributed by atoms with E-state index in [1.165, 1.54) is 30.1 Å². The molecule has 0 radical (unpaired) electrons. The van der Waals surface area contributed by atoms with Crippen molar-refractivity contribution in [3.63, 3.8) is 0 Å². The van der Waals surface area contributed by atoms with Gasteiger partial charge in [-0.2, -0.15) is 0 Å². The van der Waals surface area contributed by atoms with Crippen molar-refractivity contribution in [3.05, 3.63) is 57.5 Å². The minimum atomic E-state index is -0.422. The Balaban J connectivity index is 2.16. The summed E-state index contributed by atoms with van der Waals surface area (Å²) >= 11 is 1.40. The summed E-state index contributed by atoms with van der Waals surface area (Å²) < 4.78 is 4.87. The Bertz CT molecular complexity index is 817. The highest BCUT2D eigenvalue weighted by molar-refractivity contribution is 7.16. The molecule has 0 unspecified atom stereocenters. The molecule has 0 aliphatic heterocycles. The van der Waals surface area contributed by atoms with E-state index in [0.29, 0.717) is 22.9 Å². The molecule has 0 saturated heterocycles. The van der Waals surface area contributed by atoms with E-state index in [2.05, 4.69) is 31.3 Å². The van der Waals surface area contributed by atoms with Crippen molar-refractivity contribution >= 4 is 34.3 Å². The fraction of sp³-hybridized carbons (Fsp3) is 0.333. The molecule has 5 heteroatoms. The molecular formula is C21H25NO3S. The van der Waals surface area contributed by atoms with E-state index < -0.39 is 5.97 Å². The molecule has 0 aliphatic carbocycles. The minimum absolute atomic E-state index is 0.271. The lowest BCUT2D eigenvalue weighted by molar-refractivity contribution is -0.111. The molecule has 1 N–H and O–H groups in total. The number of hydrogen-bond donors (Lipinski definition) is 1. The lowest BCUT2D eigenvalue weighted by atomic mass is 10.0. The lowest BCUT2D eigenvalue weighted by Gasteiger charge is -2.06. The maximum atomic E-state index is 12.3. The molecule has 0 bridgehead atoms. The quantitative estimate of drug-likeness (QED) is 0.562. The van der Waals surface area contributed by atoms with Crippen molar-refractivity contribution in [1.82, 2.24) is 0 Å². The lowest BCUT2D eigenvalue weighted by Crippen LogP contribution is -2.12. The van der Waals surface area contributed by atoms with E-state index in [4.69, 9.17) is 4.74 Å². The van der Waals surface area contributed by atoms with Gasteiger partial charge in [0.1, 0.15) is 5.00 Å². The van der Waals surface area contributed by atoms with E-state index in [1.807, 2.05) is 26.0 Å². The van der Waals surface area contributed by atoms with Crippen LogP contribution in [0.3, 0.4) is 0 Å². The SMILES string of the molecule is CCc1c(C)sc(NC(=O)/C=C\c2ccc(C(C)C)cc2)c1C(=O)OC. The molecule has 0 aliphatic rings. The van der Waals surface area contributed by atoms with Gasteiger partial charge in [0, 0.05) is 11.0 Å². The van der Waals surface area contributed by atoms with Gasteiger partial charge in [0.2, 0.25) is 5.91 Å². The Kier molecular flexibility index (Phi) is 6.75. The van der Waals surface area contributed by atoms with Crippen LogP contribution in [0.25, 0.3) is 6.08 Å². The molecule has 1 aromatic carbocycles. The summed E-state index contributed by atoms with van der Waals surface area (Å²) in [5.74, 6) is -0.218. The summed E-state index contributed by atoms with van der Waals surface area (Å²) in [6.07, 6.45) is 3.95. The van der Waals surface area contributed by atoms with E-state index in [9.17, 15) is 9.59 Å². The number of benzene rings is 1. The van der Waals surface area contributed by atoms with Crippen molar-refractivity contribution in [2.75, 3.05) is 12.4 Å². The number of carbonyl (C=O) groups is 2. The standard InChI is InChI=1S/C21H25NO3S/c1-6-17-14(4)26-20(19(17)21(24)25-5)22-18(23)12-9-15-7-10-16(11-8-15)13(2)3/h7-13H,6H2,1-5H3,(H,22,23)/b12-9-. The summed E-state index contributed by atoms with van der Waals surface area (Å²) in [4.78, 5) is 25.4. The molecule has 0 fully saturated rings. The number of carbonyl (C=O) groups excluding carboxylic acids is 2. The molecule has 1 amide bonds. The number of amides is 1. The second-order valence-corrected chi connectivity index (χ2v) is 7.55. The average Bonchev–Trinajstić information content (AvgIpc) is 2.94. The molecule has 4 nitrogen and oxygen atoms in total. The number of anilines is 1. The molecule has 26 heavy (non-hydrogen) atoms. The number of esters is 1. The Morgan fingerprint density at radius 1 is 1.23 bits per heavy atom. The van der Waals surface area contributed by atoms with Crippen molar-refractivity contribution in [2.45, 2.75) is 40.0 Å². The van der Waals surface area contributed by atoms with Gasteiger partial charge in [0.15, 0.2) is 0 Å². The van der Waals surface area contributed by atoms with Crippen LogP contribution in [0.2, 0.25) is 0 Å². The van der Waals surface area contributed by atoms with Gasteiger partial charge in [-0.25, -0.2) is 4.79 Å². The predicted octanol–water partition coefficient (Wildman–Crippen LogP) is 5.18. The molecule has 0 atom stereocenters. The van der Waals surface area contributed by atoms with Crippen molar-refractivity contribution < 1.29 is 14.3 Å². The van der Waals surface area contributed by atoms with Crippen LogP contribution in [0.5, 0.6) is 0 Å². The van der Waals surface area contributed by atoms with Gasteiger partial charge in [0.05, 0.1) is 12.7 Å². The first-order valence-electron chi connectivity index (χ1n) is 8.66. The van der Waals surface area contributed by atoms with E-state index >= 15 is 0 Å². The number of nitrogens with one attached hydrogen (secondary N) is 1. The summed E-state index contributed by atoms with van der Waals surface area (Å²) in [5.41, 5.74) is 3.59. The summed E-state index contributed by atoms with van der Waals surface area (Å²) in [5, 5.41) is 3.35. The predicted molar refractivity (Wildman–Crippen MR) is 108 cm³/mol. The summed E-state index contributed by atoms with van der Waals surface area (Å²) in [7, 11) is 1.35. The van der Waals surface area contributed by atoms with Crippen LogP contribution in [0.15, 0.2) is 30.3 Å². The highest BCUT2D eigenvalue weighted by atomic mass is 32.1. The first-order chi connectivity index (χ1) is 12.4. The molecule has 2 rings (SSSR count). The maximum absolute atomic E-state index is 12.3.